The molecule has 4 aromatic rings. The predicted octanol–water partition coefficient (Wildman–Crippen LogP) is 6.87. The zero-order valence-corrected chi connectivity index (χ0v) is 25.5. The van der Waals surface area contributed by atoms with E-state index < -0.39 is 34.0 Å². The summed E-state index contributed by atoms with van der Waals surface area (Å²) < 4.78 is 73.0. The fraction of sp³-hybridized carbons (Fsp3) is 0.219. The Balaban J connectivity index is 1.90. The van der Waals surface area contributed by atoms with Gasteiger partial charge in [-0.15, -0.1) is 13.2 Å². The summed E-state index contributed by atoms with van der Waals surface area (Å²) in [6.07, 6.45) is -0.872. The van der Waals surface area contributed by atoms with E-state index in [-0.39, 0.29) is 27.8 Å². The first-order valence-electron chi connectivity index (χ1n) is 13.4. The number of rotatable bonds is 9. The zero-order valence-electron chi connectivity index (χ0n) is 24.7. The van der Waals surface area contributed by atoms with Gasteiger partial charge in [-0.2, -0.15) is 5.26 Å². The number of aliphatic hydroxyl groups is 1. The van der Waals surface area contributed by atoms with E-state index >= 15 is 0 Å². The second-order valence-corrected chi connectivity index (χ2v) is 12.6. The molecule has 0 spiro atoms. The molecule has 0 amide bonds. The van der Waals surface area contributed by atoms with Crippen molar-refractivity contribution in [2.24, 2.45) is 16.1 Å². The van der Waals surface area contributed by atoms with E-state index in [0.29, 0.717) is 33.6 Å². The van der Waals surface area contributed by atoms with Crippen LogP contribution in [0, 0.1) is 23.7 Å². The van der Waals surface area contributed by atoms with Gasteiger partial charge in [-0.25, -0.2) is 13.4 Å². The number of halogens is 3. The number of nitriles is 1. The van der Waals surface area contributed by atoms with Crippen molar-refractivity contribution in [3.63, 3.8) is 0 Å². The number of ether oxygens (including phenoxy) is 1. The molecule has 4 rings (SSSR count). The molecule has 9 nitrogen and oxygen atoms in total. The van der Waals surface area contributed by atoms with Crippen molar-refractivity contribution in [1.29, 1.82) is 5.26 Å². The fourth-order valence-corrected chi connectivity index (χ4v) is 5.26. The lowest BCUT2D eigenvalue weighted by Crippen LogP contribution is -2.18. The molecule has 0 radical (unpaired) electrons. The Bertz CT molecular complexity index is 1940. The molecule has 3 N–H and O–H groups in total. The molecule has 0 unspecified atom stereocenters. The molecule has 3 aromatic carbocycles. The molecule has 1 aromatic heterocycles. The van der Waals surface area contributed by atoms with Gasteiger partial charge in [-0.05, 0) is 79.1 Å². The van der Waals surface area contributed by atoms with Gasteiger partial charge in [0.05, 0.1) is 28.7 Å². The Labute approximate surface area is 258 Å². The molecular formula is C32H29F3N4O5S. The average Bonchev–Trinajstić information content (AvgIpc) is 3.37. The number of sulfone groups is 1. The Morgan fingerprint density at radius 2 is 1.71 bits per heavy atom. The number of hydrogen-bond donors (Lipinski definition) is 2. The lowest BCUT2D eigenvalue weighted by atomic mass is 9.91. The first-order chi connectivity index (χ1) is 21.0. The van der Waals surface area contributed by atoms with E-state index in [1.807, 2.05) is 0 Å². The van der Waals surface area contributed by atoms with E-state index in [1.54, 1.807) is 45.0 Å². The highest BCUT2D eigenvalue weighted by Crippen LogP contribution is 2.41. The van der Waals surface area contributed by atoms with Gasteiger partial charge in [0.1, 0.15) is 11.4 Å². The highest BCUT2D eigenvalue weighted by Gasteiger charge is 2.31. The first kappa shape index (κ1) is 33.0. The molecule has 0 atom stereocenters. The molecule has 0 aliphatic rings. The first-order valence-corrected chi connectivity index (χ1v) is 15.3. The molecular weight excluding hydrogens is 609 g/mol. The minimum absolute atomic E-state index is 0.0239. The summed E-state index contributed by atoms with van der Waals surface area (Å²) in [6, 6.07) is 17.0. The highest BCUT2D eigenvalue weighted by atomic mass is 32.2. The topological polar surface area (TPSA) is 152 Å². The second kappa shape index (κ2) is 12.6. The maximum Gasteiger partial charge on any atom is 0.573 e. The Morgan fingerprint density at radius 1 is 1.09 bits per heavy atom. The lowest BCUT2D eigenvalue weighted by molar-refractivity contribution is -0.274. The summed E-state index contributed by atoms with van der Waals surface area (Å²) in [5.74, 6) is 0.108. The Hall–Kier alpha value is -4.93. The molecule has 0 bridgehead atoms. The van der Waals surface area contributed by atoms with Gasteiger partial charge in [0.25, 0.3) is 0 Å². The van der Waals surface area contributed by atoms with E-state index in [4.69, 9.17) is 10.2 Å². The molecule has 0 aliphatic heterocycles. The number of oxazole rings is 1. The predicted molar refractivity (Wildman–Crippen MR) is 163 cm³/mol. The number of alkyl halides is 3. The summed E-state index contributed by atoms with van der Waals surface area (Å²) in [5.41, 5.74) is 8.33. The molecule has 1 heterocycles. The van der Waals surface area contributed by atoms with Gasteiger partial charge in [0.15, 0.2) is 21.5 Å². The molecule has 0 saturated heterocycles. The van der Waals surface area contributed by atoms with Crippen LogP contribution in [0.3, 0.4) is 0 Å². The van der Waals surface area contributed by atoms with Crippen molar-refractivity contribution in [2.75, 3.05) is 6.26 Å². The molecule has 0 fully saturated rings. The largest absolute Gasteiger partial charge is 0.573 e. The number of nitrogens with zero attached hydrogens (tertiary/aromatic N) is 3. The quantitative estimate of drug-likeness (QED) is 0.188. The van der Waals surface area contributed by atoms with E-state index in [2.05, 4.69) is 20.8 Å². The Kier molecular flexibility index (Phi) is 9.22. The normalized spacial score (nSPS) is 12.8. The fourth-order valence-electron chi connectivity index (χ4n) is 4.31. The van der Waals surface area contributed by atoms with Gasteiger partial charge in [0.2, 0.25) is 0 Å². The zero-order chi connectivity index (χ0) is 33.2. The van der Waals surface area contributed by atoms with Crippen LogP contribution in [0.1, 0.15) is 25.3 Å². The summed E-state index contributed by atoms with van der Waals surface area (Å²) in [5, 5.41) is 19.1. The summed E-state index contributed by atoms with van der Waals surface area (Å²) in [6.45, 7) is 4.47. The van der Waals surface area contributed by atoms with Crippen LogP contribution in [0.2, 0.25) is 0 Å². The maximum absolute atomic E-state index is 12.7. The van der Waals surface area contributed by atoms with Gasteiger partial charge >= 0.3 is 6.36 Å². The van der Waals surface area contributed by atoms with Crippen molar-refractivity contribution in [3.05, 3.63) is 83.9 Å². The molecule has 0 saturated carbocycles. The lowest BCUT2D eigenvalue weighted by Gasteiger charge is -2.14. The van der Waals surface area contributed by atoms with Crippen molar-refractivity contribution in [1.82, 2.24) is 4.98 Å². The number of aliphatic hydroxyl groups excluding tert-OH is 1. The van der Waals surface area contributed by atoms with Crippen molar-refractivity contribution < 1.29 is 35.8 Å². The smallest absolute Gasteiger partial charge is 0.440 e. The van der Waals surface area contributed by atoms with Gasteiger partial charge < -0.3 is 20.0 Å². The number of allylic oxidation sites excluding steroid dienone is 2. The van der Waals surface area contributed by atoms with E-state index in [1.165, 1.54) is 36.6 Å². The van der Waals surface area contributed by atoms with Crippen molar-refractivity contribution >= 4 is 21.7 Å². The third kappa shape index (κ3) is 7.78. The summed E-state index contributed by atoms with van der Waals surface area (Å²) in [7, 11) is -3.67. The minimum atomic E-state index is -4.85. The Morgan fingerprint density at radius 3 is 2.31 bits per heavy atom. The minimum Gasteiger partial charge on any atom is -0.440 e. The number of aryl methyl sites for hydroxylation is 1. The molecule has 45 heavy (non-hydrogen) atoms. The van der Waals surface area contributed by atoms with Crippen LogP contribution >= 0.6 is 0 Å². The third-order valence-electron chi connectivity index (χ3n) is 6.78. The number of aliphatic imine (C=N–C) groups is 1. The van der Waals surface area contributed by atoms with E-state index in [9.17, 15) is 32.0 Å². The monoisotopic (exact) mass is 638 g/mol. The van der Waals surface area contributed by atoms with E-state index in [0.717, 1.165) is 18.4 Å². The van der Waals surface area contributed by atoms with Gasteiger partial charge in [-0.3, -0.25) is 4.99 Å². The van der Waals surface area contributed by atoms with Crippen molar-refractivity contribution in [2.45, 2.75) is 38.6 Å². The number of aromatic nitrogens is 1. The number of nitrogens with two attached hydrogens (primary N) is 1. The SMILES string of the molecule is Cc1nc(-c2ccc(OC(F)(F)F)cc2)c(-c2cc(-c3ccc(CO)c(S(C)(=O)=O)c3)ccc2N=CC=C(N)C(C)(C)C#N)o1. The maximum atomic E-state index is 12.7. The standard InChI is InChI=1S/C32H29F3N4O5S/c1-19-39-29(20-7-10-24(11-8-20)44-32(33,34)35)30(43-19)25-15-21(22-5-6-23(17-40)27(16-22)45(4,41)42)9-12-26(25)38-14-13-28(37)31(2,3)18-36/h5-16,40H,17,37H2,1-4H3. The van der Waals surface area contributed by atoms with Crippen LogP contribution in [0.4, 0.5) is 18.9 Å². The molecule has 234 valence electrons. The summed E-state index contributed by atoms with van der Waals surface area (Å²) >= 11 is 0. The van der Waals surface area contributed by atoms with Crippen LogP contribution in [0.15, 0.2) is 86.7 Å². The molecule has 0 aliphatic carbocycles. The van der Waals surface area contributed by atoms with Crippen LogP contribution in [0.5, 0.6) is 5.75 Å². The second-order valence-electron chi connectivity index (χ2n) is 10.6. The van der Waals surface area contributed by atoms with Gasteiger partial charge in [-0.1, -0.05) is 18.2 Å². The highest BCUT2D eigenvalue weighted by molar-refractivity contribution is 7.90. The third-order valence-corrected chi connectivity index (χ3v) is 7.95. The van der Waals surface area contributed by atoms with Crippen LogP contribution in [-0.4, -0.2) is 37.3 Å². The average molecular weight is 639 g/mol. The van der Waals surface area contributed by atoms with Crippen LogP contribution < -0.4 is 10.5 Å². The number of benzene rings is 3. The molecule has 13 heteroatoms. The number of hydrogen-bond acceptors (Lipinski definition) is 9. The van der Waals surface area contributed by atoms with Crippen molar-refractivity contribution in [3.8, 4) is 45.5 Å². The summed E-state index contributed by atoms with van der Waals surface area (Å²) in [4.78, 5) is 8.98. The van der Waals surface area contributed by atoms with Crippen LogP contribution in [-0.2, 0) is 16.4 Å². The van der Waals surface area contributed by atoms with Gasteiger partial charge in [0, 0.05) is 36.2 Å². The van der Waals surface area contributed by atoms with Crippen LogP contribution in [0.25, 0.3) is 33.7 Å².